The number of aliphatic carboxylic acids is 1. The lowest BCUT2D eigenvalue weighted by Crippen LogP contribution is -2.36. The average molecular weight is 330 g/mol. The van der Waals surface area contributed by atoms with Crippen LogP contribution in [0.2, 0.25) is 0 Å². The molecule has 0 fully saturated rings. The highest BCUT2D eigenvalue weighted by atomic mass is 79.9. The molecule has 19 heavy (non-hydrogen) atoms. The second-order valence-corrected chi connectivity index (χ2v) is 5.37. The molecular formula is C14H20BrNO3. The van der Waals surface area contributed by atoms with Crippen molar-refractivity contribution >= 4 is 21.9 Å². The SMILES string of the molecule is CCC(C)N(CC(=O)O)Cc1cc(OC)ccc1Br. The number of benzene rings is 1. The molecule has 0 aliphatic carbocycles. The van der Waals surface area contributed by atoms with Gasteiger partial charge in [0.15, 0.2) is 0 Å². The normalized spacial score (nSPS) is 12.5. The van der Waals surface area contributed by atoms with Crippen LogP contribution in [0.1, 0.15) is 25.8 Å². The highest BCUT2D eigenvalue weighted by Gasteiger charge is 2.17. The number of carbonyl (C=O) groups is 1. The molecule has 4 nitrogen and oxygen atoms in total. The number of hydrogen-bond acceptors (Lipinski definition) is 3. The average Bonchev–Trinajstić information content (AvgIpc) is 2.38. The van der Waals surface area contributed by atoms with E-state index >= 15 is 0 Å². The number of nitrogens with zero attached hydrogens (tertiary/aromatic N) is 1. The summed E-state index contributed by atoms with van der Waals surface area (Å²) >= 11 is 3.50. The lowest BCUT2D eigenvalue weighted by Gasteiger charge is -2.27. The third kappa shape index (κ3) is 4.84. The summed E-state index contributed by atoms with van der Waals surface area (Å²) in [7, 11) is 1.62. The molecule has 0 spiro atoms. The van der Waals surface area contributed by atoms with E-state index < -0.39 is 5.97 Å². The number of rotatable bonds is 7. The first kappa shape index (κ1) is 16.0. The summed E-state index contributed by atoms with van der Waals surface area (Å²) in [6, 6.07) is 5.94. The Balaban J connectivity index is 2.91. The van der Waals surface area contributed by atoms with Crippen LogP contribution in [-0.4, -0.2) is 35.7 Å². The van der Waals surface area contributed by atoms with Gasteiger partial charge >= 0.3 is 5.97 Å². The molecular weight excluding hydrogens is 310 g/mol. The van der Waals surface area contributed by atoms with E-state index in [0.717, 1.165) is 22.2 Å². The van der Waals surface area contributed by atoms with Crippen molar-refractivity contribution in [3.8, 4) is 5.75 Å². The first-order valence-electron chi connectivity index (χ1n) is 6.26. The molecule has 1 aromatic carbocycles. The van der Waals surface area contributed by atoms with Gasteiger partial charge in [-0.1, -0.05) is 22.9 Å². The number of ether oxygens (including phenoxy) is 1. The maximum Gasteiger partial charge on any atom is 0.317 e. The molecule has 0 radical (unpaired) electrons. The maximum absolute atomic E-state index is 11.0. The Morgan fingerprint density at radius 2 is 2.21 bits per heavy atom. The molecule has 0 heterocycles. The van der Waals surface area contributed by atoms with Crippen molar-refractivity contribution < 1.29 is 14.6 Å². The minimum absolute atomic E-state index is 0.0403. The molecule has 0 aliphatic heterocycles. The van der Waals surface area contributed by atoms with Gasteiger partial charge in [0.05, 0.1) is 13.7 Å². The van der Waals surface area contributed by atoms with E-state index in [1.807, 2.05) is 30.0 Å². The number of methoxy groups -OCH3 is 1. The summed E-state index contributed by atoms with van der Waals surface area (Å²) in [5.74, 6) is -0.0306. The van der Waals surface area contributed by atoms with Gasteiger partial charge in [0.1, 0.15) is 5.75 Å². The van der Waals surface area contributed by atoms with E-state index in [2.05, 4.69) is 22.9 Å². The highest BCUT2D eigenvalue weighted by Crippen LogP contribution is 2.24. The van der Waals surface area contributed by atoms with Gasteiger partial charge in [0, 0.05) is 17.1 Å². The van der Waals surface area contributed by atoms with Gasteiger partial charge in [-0.25, -0.2) is 0 Å². The van der Waals surface area contributed by atoms with E-state index in [9.17, 15) is 4.79 Å². The zero-order chi connectivity index (χ0) is 14.4. The molecule has 5 heteroatoms. The van der Waals surface area contributed by atoms with Crippen molar-refractivity contribution in [1.29, 1.82) is 0 Å². The molecule has 0 amide bonds. The fourth-order valence-corrected chi connectivity index (χ4v) is 2.19. The second-order valence-electron chi connectivity index (χ2n) is 4.51. The summed E-state index contributed by atoms with van der Waals surface area (Å²) in [5, 5.41) is 9.00. The van der Waals surface area contributed by atoms with Crippen molar-refractivity contribution in [2.75, 3.05) is 13.7 Å². The van der Waals surface area contributed by atoms with Crippen LogP contribution in [-0.2, 0) is 11.3 Å². The lowest BCUT2D eigenvalue weighted by atomic mass is 10.1. The first-order chi connectivity index (χ1) is 8.97. The topological polar surface area (TPSA) is 49.8 Å². The molecule has 1 N–H and O–H groups in total. The molecule has 1 atom stereocenters. The van der Waals surface area contributed by atoms with Gasteiger partial charge in [0.2, 0.25) is 0 Å². The third-order valence-corrected chi connectivity index (χ3v) is 3.95. The zero-order valence-corrected chi connectivity index (χ0v) is 13.1. The van der Waals surface area contributed by atoms with Gasteiger partial charge < -0.3 is 9.84 Å². The van der Waals surface area contributed by atoms with Crippen LogP contribution in [0.4, 0.5) is 0 Å². The van der Waals surface area contributed by atoms with Gasteiger partial charge in [-0.05, 0) is 37.1 Å². The molecule has 1 unspecified atom stereocenters. The van der Waals surface area contributed by atoms with Crippen LogP contribution in [0.15, 0.2) is 22.7 Å². The second kappa shape index (κ2) is 7.50. The summed E-state index contributed by atoms with van der Waals surface area (Å²) < 4.78 is 6.17. The quantitative estimate of drug-likeness (QED) is 0.834. The minimum atomic E-state index is -0.806. The van der Waals surface area contributed by atoms with Crippen molar-refractivity contribution in [3.63, 3.8) is 0 Å². The van der Waals surface area contributed by atoms with Crippen LogP contribution < -0.4 is 4.74 Å². The predicted octanol–water partition coefficient (Wildman–Crippen LogP) is 3.14. The minimum Gasteiger partial charge on any atom is -0.497 e. The molecule has 0 aromatic heterocycles. The maximum atomic E-state index is 11.0. The van der Waals surface area contributed by atoms with Crippen molar-refractivity contribution in [2.24, 2.45) is 0 Å². The Morgan fingerprint density at radius 3 is 2.74 bits per heavy atom. The Kier molecular flexibility index (Phi) is 6.31. The van der Waals surface area contributed by atoms with E-state index in [-0.39, 0.29) is 12.6 Å². The fraction of sp³-hybridized carbons (Fsp3) is 0.500. The smallest absolute Gasteiger partial charge is 0.317 e. The summed E-state index contributed by atoms with van der Waals surface area (Å²) in [4.78, 5) is 12.9. The summed E-state index contributed by atoms with van der Waals surface area (Å²) in [6.45, 7) is 4.72. The Hall–Kier alpha value is -1.07. The highest BCUT2D eigenvalue weighted by molar-refractivity contribution is 9.10. The molecule has 0 saturated heterocycles. The summed E-state index contributed by atoms with van der Waals surface area (Å²) in [5.41, 5.74) is 1.03. The Labute approximate surface area is 122 Å². The zero-order valence-electron chi connectivity index (χ0n) is 11.5. The lowest BCUT2D eigenvalue weighted by molar-refractivity contribution is -0.139. The van der Waals surface area contributed by atoms with Crippen LogP contribution in [0.5, 0.6) is 5.75 Å². The summed E-state index contributed by atoms with van der Waals surface area (Å²) in [6.07, 6.45) is 0.912. The molecule has 106 valence electrons. The molecule has 0 bridgehead atoms. The van der Waals surface area contributed by atoms with Crippen LogP contribution in [0, 0.1) is 0 Å². The van der Waals surface area contributed by atoms with Gasteiger partial charge in [0.25, 0.3) is 0 Å². The monoisotopic (exact) mass is 329 g/mol. The van der Waals surface area contributed by atoms with Gasteiger partial charge in [-0.2, -0.15) is 0 Å². The number of hydrogen-bond donors (Lipinski definition) is 1. The molecule has 0 saturated carbocycles. The fourth-order valence-electron chi connectivity index (χ4n) is 1.82. The van der Waals surface area contributed by atoms with Crippen LogP contribution in [0.3, 0.4) is 0 Å². The number of carboxylic acid groups (broad SMARTS) is 1. The van der Waals surface area contributed by atoms with Crippen molar-refractivity contribution in [2.45, 2.75) is 32.9 Å². The van der Waals surface area contributed by atoms with Crippen LogP contribution in [0.25, 0.3) is 0 Å². The number of halogens is 1. The van der Waals surface area contributed by atoms with Gasteiger partial charge in [-0.3, -0.25) is 9.69 Å². The largest absolute Gasteiger partial charge is 0.497 e. The number of carboxylic acids is 1. The van der Waals surface area contributed by atoms with E-state index in [0.29, 0.717) is 6.54 Å². The van der Waals surface area contributed by atoms with Crippen LogP contribution >= 0.6 is 15.9 Å². The molecule has 1 aromatic rings. The van der Waals surface area contributed by atoms with Crippen molar-refractivity contribution in [3.05, 3.63) is 28.2 Å². The molecule has 0 aliphatic rings. The Morgan fingerprint density at radius 1 is 1.53 bits per heavy atom. The van der Waals surface area contributed by atoms with E-state index in [4.69, 9.17) is 9.84 Å². The first-order valence-corrected chi connectivity index (χ1v) is 7.05. The van der Waals surface area contributed by atoms with Crippen molar-refractivity contribution in [1.82, 2.24) is 4.90 Å². The standard InChI is InChI=1S/C14H20BrNO3/c1-4-10(2)16(9-14(17)18)8-11-7-12(19-3)5-6-13(11)15/h5-7,10H,4,8-9H2,1-3H3,(H,17,18). The Bertz CT molecular complexity index is 437. The predicted molar refractivity (Wildman–Crippen MR) is 78.5 cm³/mol. The molecule has 1 rings (SSSR count). The van der Waals surface area contributed by atoms with Gasteiger partial charge in [-0.15, -0.1) is 0 Å². The van der Waals surface area contributed by atoms with E-state index in [1.54, 1.807) is 7.11 Å². The third-order valence-electron chi connectivity index (χ3n) is 3.18. The van der Waals surface area contributed by atoms with E-state index in [1.165, 1.54) is 0 Å².